The van der Waals surface area contributed by atoms with Crippen LogP contribution in [0.15, 0.2) is 142 Å². The molecule has 0 aliphatic carbocycles. The summed E-state index contributed by atoms with van der Waals surface area (Å²) in [7, 11) is -0.393. The molecule has 3 nitrogen and oxygen atoms in total. The van der Waals surface area contributed by atoms with Crippen molar-refractivity contribution in [2.24, 2.45) is 0 Å². The highest BCUT2D eigenvalue weighted by molar-refractivity contribution is 7.97. The summed E-state index contributed by atoms with van der Waals surface area (Å²) in [5.74, 6) is 2.57. The van der Waals surface area contributed by atoms with Crippen molar-refractivity contribution in [3.05, 3.63) is 133 Å². The summed E-state index contributed by atoms with van der Waals surface area (Å²) >= 11 is 0. The standard InChI is InChI=1S/C41H41O3S/c1-40(2,3)43-32-15-11-17-35(26-32)45(36-18-12-16-33(27-36)44-41(4,5)6)34-23-21-31(22-24-34)42-28-39-37-19-9-7-13-29(37)25-30-14-8-10-20-38(30)39/h7-27H,28H2,1-6H3/q+1. The minimum Gasteiger partial charge on any atom is -0.489 e. The Morgan fingerprint density at radius 2 is 0.956 bits per heavy atom. The molecule has 0 N–H and O–H groups in total. The first-order chi connectivity index (χ1) is 21.5. The van der Waals surface area contributed by atoms with E-state index in [2.05, 4.69) is 157 Å². The van der Waals surface area contributed by atoms with Crippen LogP contribution in [0.25, 0.3) is 21.5 Å². The van der Waals surface area contributed by atoms with Gasteiger partial charge in [-0.25, -0.2) is 0 Å². The van der Waals surface area contributed by atoms with E-state index in [0.29, 0.717) is 6.61 Å². The molecule has 0 aromatic heterocycles. The van der Waals surface area contributed by atoms with Crippen LogP contribution < -0.4 is 14.2 Å². The number of fused-ring (bicyclic) bond motifs is 2. The molecule has 0 saturated heterocycles. The predicted octanol–water partition coefficient (Wildman–Crippen LogP) is 11.0. The van der Waals surface area contributed by atoms with E-state index in [0.717, 1.165) is 17.2 Å². The Balaban J connectivity index is 1.33. The molecule has 0 amide bonds. The minimum atomic E-state index is -0.393. The quantitative estimate of drug-likeness (QED) is 0.126. The van der Waals surface area contributed by atoms with Crippen LogP contribution in [0.5, 0.6) is 17.2 Å². The van der Waals surface area contributed by atoms with Crippen molar-refractivity contribution < 1.29 is 14.2 Å². The van der Waals surface area contributed by atoms with Gasteiger partial charge in [0, 0.05) is 17.7 Å². The Morgan fingerprint density at radius 1 is 0.467 bits per heavy atom. The van der Waals surface area contributed by atoms with Gasteiger partial charge in [-0.15, -0.1) is 0 Å². The molecule has 0 aliphatic heterocycles. The highest BCUT2D eigenvalue weighted by Crippen LogP contribution is 2.37. The summed E-state index contributed by atoms with van der Waals surface area (Å²) in [5.41, 5.74) is 0.636. The first kappa shape index (κ1) is 30.6. The Labute approximate surface area is 270 Å². The molecule has 0 fully saturated rings. The highest BCUT2D eigenvalue weighted by Gasteiger charge is 2.30. The monoisotopic (exact) mass is 613 g/mol. The summed E-state index contributed by atoms with van der Waals surface area (Å²) in [5, 5.41) is 4.90. The number of hydrogen-bond acceptors (Lipinski definition) is 3. The van der Waals surface area contributed by atoms with Crippen LogP contribution >= 0.6 is 0 Å². The summed E-state index contributed by atoms with van der Waals surface area (Å²) in [6, 6.07) is 44.8. The zero-order chi connectivity index (χ0) is 31.6. The van der Waals surface area contributed by atoms with Crippen molar-refractivity contribution in [2.45, 2.75) is 74.0 Å². The summed E-state index contributed by atoms with van der Waals surface area (Å²) in [6.45, 7) is 12.9. The number of rotatable bonds is 8. The molecule has 0 saturated carbocycles. The molecule has 0 radical (unpaired) electrons. The van der Waals surface area contributed by atoms with Crippen molar-refractivity contribution >= 4 is 32.4 Å². The van der Waals surface area contributed by atoms with Gasteiger partial charge >= 0.3 is 0 Å². The lowest BCUT2D eigenvalue weighted by Gasteiger charge is -2.22. The topological polar surface area (TPSA) is 27.7 Å². The van der Waals surface area contributed by atoms with Crippen molar-refractivity contribution in [3.8, 4) is 17.2 Å². The van der Waals surface area contributed by atoms with Crippen molar-refractivity contribution in [1.82, 2.24) is 0 Å². The Hall–Kier alpha value is -4.41. The van der Waals surface area contributed by atoms with Gasteiger partial charge in [-0.3, -0.25) is 0 Å². The van der Waals surface area contributed by atoms with E-state index in [1.165, 1.54) is 41.8 Å². The van der Waals surface area contributed by atoms with Gasteiger partial charge in [0.25, 0.3) is 0 Å². The zero-order valence-corrected chi connectivity index (χ0v) is 27.8. The molecule has 6 aromatic carbocycles. The third-order valence-corrected chi connectivity index (χ3v) is 9.45. The van der Waals surface area contributed by atoms with Gasteiger partial charge in [-0.05, 0) is 118 Å². The molecular weight excluding hydrogens is 573 g/mol. The first-order valence-corrected chi connectivity index (χ1v) is 16.7. The van der Waals surface area contributed by atoms with E-state index in [4.69, 9.17) is 14.2 Å². The molecular formula is C41H41O3S+. The molecule has 0 spiro atoms. The predicted molar refractivity (Wildman–Crippen MR) is 188 cm³/mol. The van der Waals surface area contributed by atoms with Crippen molar-refractivity contribution in [3.63, 3.8) is 0 Å². The van der Waals surface area contributed by atoms with Crippen LogP contribution in [-0.4, -0.2) is 11.2 Å². The fraction of sp³-hybridized carbons (Fsp3) is 0.220. The van der Waals surface area contributed by atoms with Gasteiger partial charge in [0.1, 0.15) is 35.1 Å². The fourth-order valence-electron chi connectivity index (χ4n) is 5.54. The first-order valence-electron chi connectivity index (χ1n) is 15.5. The van der Waals surface area contributed by atoms with E-state index < -0.39 is 10.9 Å². The van der Waals surface area contributed by atoms with Gasteiger partial charge in [-0.2, -0.15) is 0 Å². The van der Waals surface area contributed by atoms with Crippen molar-refractivity contribution in [1.29, 1.82) is 0 Å². The third-order valence-electron chi connectivity index (χ3n) is 7.26. The van der Waals surface area contributed by atoms with Gasteiger partial charge in [0.2, 0.25) is 0 Å². The lowest BCUT2D eigenvalue weighted by atomic mass is 9.97. The van der Waals surface area contributed by atoms with Crippen LogP contribution in [0.2, 0.25) is 0 Å². The van der Waals surface area contributed by atoms with E-state index in [1.54, 1.807) is 0 Å². The van der Waals surface area contributed by atoms with Crippen LogP contribution in [-0.2, 0) is 17.5 Å². The fourth-order valence-corrected chi connectivity index (χ4v) is 7.66. The minimum absolute atomic E-state index is 0.286. The lowest BCUT2D eigenvalue weighted by Crippen LogP contribution is -2.23. The Morgan fingerprint density at radius 3 is 1.44 bits per heavy atom. The molecule has 0 aliphatic rings. The Bertz CT molecular complexity index is 1820. The van der Waals surface area contributed by atoms with Gasteiger partial charge < -0.3 is 14.2 Å². The maximum absolute atomic E-state index is 6.47. The van der Waals surface area contributed by atoms with Crippen LogP contribution in [0, 0.1) is 0 Å². The van der Waals surface area contributed by atoms with Crippen molar-refractivity contribution in [2.75, 3.05) is 0 Å². The summed E-state index contributed by atoms with van der Waals surface area (Å²) < 4.78 is 19.0. The SMILES string of the molecule is CC(C)(C)Oc1cccc([S+](c2ccc(OCc3c4ccccc4cc4ccccc34)cc2)c2cccc(OC(C)(C)C)c2)c1. The summed E-state index contributed by atoms with van der Waals surface area (Å²) in [6.07, 6.45) is 0. The molecule has 0 atom stereocenters. The van der Waals surface area contributed by atoms with Crippen LogP contribution in [0.3, 0.4) is 0 Å². The van der Waals surface area contributed by atoms with Crippen LogP contribution in [0.4, 0.5) is 0 Å². The van der Waals surface area contributed by atoms with E-state index in [9.17, 15) is 0 Å². The van der Waals surface area contributed by atoms with E-state index in [-0.39, 0.29) is 11.2 Å². The lowest BCUT2D eigenvalue weighted by molar-refractivity contribution is 0.130. The smallest absolute Gasteiger partial charge is 0.170 e. The highest BCUT2D eigenvalue weighted by atomic mass is 32.2. The average Bonchev–Trinajstić information content (AvgIpc) is 2.99. The van der Waals surface area contributed by atoms with E-state index >= 15 is 0 Å². The molecule has 45 heavy (non-hydrogen) atoms. The largest absolute Gasteiger partial charge is 0.489 e. The number of benzene rings is 6. The van der Waals surface area contributed by atoms with Gasteiger partial charge in [0.15, 0.2) is 14.7 Å². The molecule has 6 aromatic rings. The maximum Gasteiger partial charge on any atom is 0.170 e. The maximum atomic E-state index is 6.47. The number of ether oxygens (including phenoxy) is 3. The van der Waals surface area contributed by atoms with Gasteiger partial charge in [0.05, 0.1) is 10.9 Å². The molecule has 6 rings (SSSR count). The molecule has 228 valence electrons. The third kappa shape index (κ3) is 7.46. The number of hydrogen-bond donors (Lipinski definition) is 0. The van der Waals surface area contributed by atoms with Gasteiger partial charge in [-0.1, -0.05) is 60.7 Å². The van der Waals surface area contributed by atoms with Crippen LogP contribution in [0.1, 0.15) is 47.1 Å². The molecule has 0 bridgehead atoms. The second kappa shape index (κ2) is 12.5. The second-order valence-corrected chi connectivity index (χ2v) is 15.3. The Kier molecular flexibility index (Phi) is 8.52. The molecule has 0 unspecified atom stereocenters. The summed E-state index contributed by atoms with van der Waals surface area (Å²) in [4.78, 5) is 3.56. The average molecular weight is 614 g/mol. The normalized spacial score (nSPS) is 12.1. The second-order valence-electron chi connectivity index (χ2n) is 13.2. The zero-order valence-electron chi connectivity index (χ0n) is 27.0. The molecule has 0 heterocycles. The van der Waals surface area contributed by atoms with E-state index in [1.807, 2.05) is 12.1 Å². The molecule has 4 heteroatoms.